The van der Waals surface area contributed by atoms with E-state index in [-0.39, 0.29) is 11.8 Å². The number of rotatable bonds is 3. The van der Waals surface area contributed by atoms with Crippen LogP contribution in [0.1, 0.15) is 11.1 Å². The number of amides is 2. The summed E-state index contributed by atoms with van der Waals surface area (Å²) in [5.74, 6) is 0.664. The first-order chi connectivity index (χ1) is 15.6. The maximum atomic E-state index is 13.5. The van der Waals surface area contributed by atoms with Crippen molar-refractivity contribution in [3.63, 3.8) is 0 Å². The molecule has 5 heterocycles. The Morgan fingerprint density at radius 3 is 2.56 bits per heavy atom. The van der Waals surface area contributed by atoms with Gasteiger partial charge in [0.1, 0.15) is 5.41 Å². The second-order valence-electron chi connectivity index (χ2n) is 8.88. The largest absolute Gasteiger partial charge is 0.341 e. The minimum absolute atomic E-state index is 0.00325. The number of anilines is 2. The molecule has 3 aromatic rings. The molecule has 1 aromatic carbocycles. The van der Waals surface area contributed by atoms with Crippen LogP contribution in [0.2, 0.25) is 0 Å². The number of hydrogen-bond acceptors (Lipinski definition) is 6. The molecule has 8 nitrogen and oxygen atoms in total. The first-order valence-electron chi connectivity index (χ1n) is 10.7. The molecule has 160 valence electrons. The highest BCUT2D eigenvalue weighted by molar-refractivity contribution is 6.08. The van der Waals surface area contributed by atoms with Crippen LogP contribution in [-0.2, 0) is 21.4 Å². The summed E-state index contributed by atoms with van der Waals surface area (Å²) >= 11 is 0. The summed E-state index contributed by atoms with van der Waals surface area (Å²) in [5, 5.41) is 3.09. The standard InChI is InChI=1S/C24H22N6O2/c31-20(11-17-5-3-8-25-12-17)29-13-23(14-29)15-30(22-26-9-4-10-27-22)16-24(23)18-6-1-2-7-19(18)28-21(24)32/h1-10,12H,11,13-16H2,(H,28,32). The van der Waals surface area contributed by atoms with Crippen LogP contribution in [0.25, 0.3) is 0 Å². The zero-order chi connectivity index (χ0) is 21.8. The van der Waals surface area contributed by atoms with E-state index in [1.165, 1.54) is 0 Å². The molecule has 1 atom stereocenters. The zero-order valence-corrected chi connectivity index (χ0v) is 17.4. The summed E-state index contributed by atoms with van der Waals surface area (Å²) in [6, 6.07) is 13.4. The highest BCUT2D eigenvalue weighted by Gasteiger charge is 2.70. The summed E-state index contributed by atoms with van der Waals surface area (Å²) in [7, 11) is 0. The minimum Gasteiger partial charge on any atom is -0.341 e. The third-order valence-electron chi connectivity index (χ3n) is 7.10. The lowest BCUT2D eigenvalue weighted by molar-refractivity contribution is -0.149. The molecular formula is C24H22N6O2. The quantitative estimate of drug-likeness (QED) is 0.685. The zero-order valence-electron chi connectivity index (χ0n) is 17.4. The Morgan fingerprint density at radius 1 is 0.969 bits per heavy atom. The Labute approximate surface area is 185 Å². The Bertz CT molecular complexity index is 1200. The molecule has 1 unspecified atom stereocenters. The number of nitrogens with zero attached hydrogens (tertiary/aromatic N) is 5. The van der Waals surface area contributed by atoms with Gasteiger partial charge in [-0.05, 0) is 29.3 Å². The molecule has 0 aliphatic carbocycles. The maximum absolute atomic E-state index is 13.5. The van der Waals surface area contributed by atoms with Gasteiger partial charge in [-0.25, -0.2) is 9.97 Å². The Kier molecular flexibility index (Phi) is 4.05. The average molecular weight is 426 g/mol. The third kappa shape index (κ3) is 2.58. The van der Waals surface area contributed by atoms with Gasteiger partial charge in [0.2, 0.25) is 17.8 Å². The number of nitrogens with one attached hydrogen (secondary N) is 1. The number of hydrogen-bond donors (Lipinski definition) is 1. The van der Waals surface area contributed by atoms with Crippen molar-refractivity contribution in [2.24, 2.45) is 5.41 Å². The number of carbonyl (C=O) groups excluding carboxylic acids is 2. The second-order valence-corrected chi connectivity index (χ2v) is 8.88. The first-order valence-corrected chi connectivity index (χ1v) is 10.7. The van der Waals surface area contributed by atoms with Gasteiger partial charge in [0.25, 0.3) is 0 Å². The molecule has 8 heteroatoms. The fraction of sp³-hybridized carbons (Fsp3) is 0.292. The number of benzene rings is 1. The highest BCUT2D eigenvalue weighted by atomic mass is 16.2. The van der Waals surface area contributed by atoms with Gasteiger partial charge in [0.15, 0.2) is 0 Å². The summed E-state index contributed by atoms with van der Waals surface area (Å²) in [6.45, 7) is 2.16. The Morgan fingerprint density at radius 2 is 1.78 bits per heavy atom. The van der Waals surface area contributed by atoms with Gasteiger partial charge in [-0.1, -0.05) is 24.3 Å². The van der Waals surface area contributed by atoms with Gasteiger partial charge in [0.05, 0.1) is 6.42 Å². The predicted molar refractivity (Wildman–Crippen MR) is 118 cm³/mol. The maximum Gasteiger partial charge on any atom is 0.237 e. The molecule has 0 radical (unpaired) electrons. The van der Waals surface area contributed by atoms with Crippen molar-refractivity contribution in [2.45, 2.75) is 11.8 Å². The van der Waals surface area contributed by atoms with Crippen molar-refractivity contribution >= 4 is 23.5 Å². The van der Waals surface area contributed by atoms with Crippen LogP contribution in [0.15, 0.2) is 67.3 Å². The molecule has 6 rings (SSSR count). The number of aromatic nitrogens is 3. The average Bonchev–Trinajstić information content (AvgIpc) is 3.31. The van der Waals surface area contributed by atoms with Gasteiger partial charge in [-0.3, -0.25) is 14.6 Å². The highest BCUT2D eigenvalue weighted by Crippen LogP contribution is 2.58. The lowest BCUT2D eigenvalue weighted by atomic mass is 9.58. The van der Waals surface area contributed by atoms with Crippen molar-refractivity contribution in [3.05, 3.63) is 78.4 Å². The molecule has 2 fully saturated rings. The molecule has 3 aliphatic heterocycles. The van der Waals surface area contributed by atoms with Crippen LogP contribution in [-0.4, -0.2) is 57.8 Å². The van der Waals surface area contributed by atoms with Crippen LogP contribution in [0.4, 0.5) is 11.6 Å². The molecule has 0 bridgehead atoms. The van der Waals surface area contributed by atoms with Gasteiger partial charge >= 0.3 is 0 Å². The van der Waals surface area contributed by atoms with Gasteiger partial charge in [0, 0.05) is 62.1 Å². The molecule has 2 spiro atoms. The smallest absolute Gasteiger partial charge is 0.237 e. The minimum atomic E-state index is -0.742. The van der Waals surface area contributed by atoms with E-state index in [1.54, 1.807) is 30.9 Å². The van der Waals surface area contributed by atoms with E-state index in [1.807, 2.05) is 41.3 Å². The number of para-hydroxylation sites is 1. The van der Waals surface area contributed by atoms with Crippen molar-refractivity contribution in [2.75, 3.05) is 36.4 Å². The van der Waals surface area contributed by atoms with Crippen molar-refractivity contribution in [3.8, 4) is 0 Å². The van der Waals surface area contributed by atoms with Crippen LogP contribution in [0.3, 0.4) is 0 Å². The van der Waals surface area contributed by atoms with E-state index in [0.29, 0.717) is 38.5 Å². The van der Waals surface area contributed by atoms with Gasteiger partial charge in [-0.15, -0.1) is 0 Å². The van der Waals surface area contributed by atoms with Crippen LogP contribution < -0.4 is 10.2 Å². The molecule has 2 amide bonds. The number of carbonyl (C=O) groups is 2. The van der Waals surface area contributed by atoms with Crippen molar-refractivity contribution in [1.82, 2.24) is 19.9 Å². The SMILES string of the molecule is O=C(Cc1cccnc1)N1CC2(C1)CN(c1ncccn1)CC21C(=O)Nc2ccccc21. The van der Waals surface area contributed by atoms with Crippen LogP contribution in [0, 0.1) is 5.41 Å². The predicted octanol–water partition coefficient (Wildman–Crippen LogP) is 1.65. The van der Waals surface area contributed by atoms with Gasteiger partial charge < -0.3 is 15.1 Å². The molecule has 32 heavy (non-hydrogen) atoms. The molecule has 0 saturated carbocycles. The van der Waals surface area contributed by atoms with E-state index < -0.39 is 10.8 Å². The summed E-state index contributed by atoms with van der Waals surface area (Å²) in [6.07, 6.45) is 7.16. The normalized spacial score (nSPS) is 22.7. The number of likely N-dealkylation sites (tertiary alicyclic amines) is 1. The fourth-order valence-corrected chi connectivity index (χ4v) is 5.62. The Balaban J connectivity index is 1.34. The summed E-state index contributed by atoms with van der Waals surface area (Å²) in [4.78, 5) is 43.4. The summed E-state index contributed by atoms with van der Waals surface area (Å²) in [5.41, 5.74) is 1.61. The second kappa shape index (κ2) is 6.85. The fourth-order valence-electron chi connectivity index (χ4n) is 5.62. The molecule has 2 saturated heterocycles. The third-order valence-corrected chi connectivity index (χ3v) is 7.10. The monoisotopic (exact) mass is 426 g/mol. The van der Waals surface area contributed by atoms with Gasteiger partial charge in [-0.2, -0.15) is 0 Å². The van der Waals surface area contributed by atoms with E-state index in [2.05, 4.69) is 25.2 Å². The van der Waals surface area contributed by atoms with E-state index in [9.17, 15) is 9.59 Å². The molecule has 1 N–H and O–H groups in total. The molecular weight excluding hydrogens is 404 g/mol. The number of fused-ring (bicyclic) bond motifs is 3. The number of pyridine rings is 1. The van der Waals surface area contributed by atoms with Crippen molar-refractivity contribution < 1.29 is 9.59 Å². The van der Waals surface area contributed by atoms with E-state index in [4.69, 9.17) is 0 Å². The topological polar surface area (TPSA) is 91.3 Å². The first kappa shape index (κ1) is 18.9. The van der Waals surface area contributed by atoms with E-state index in [0.717, 1.165) is 16.8 Å². The van der Waals surface area contributed by atoms with E-state index >= 15 is 0 Å². The Hall–Kier alpha value is -3.81. The molecule has 2 aromatic heterocycles. The molecule has 3 aliphatic rings. The van der Waals surface area contributed by atoms with Crippen molar-refractivity contribution in [1.29, 1.82) is 0 Å². The lowest BCUT2D eigenvalue weighted by Crippen LogP contribution is -2.68. The summed E-state index contributed by atoms with van der Waals surface area (Å²) < 4.78 is 0. The van der Waals surface area contributed by atoms with Crippen LogP contribution in [0.5, 0.6) is 0 Å². The lowest BCUT2D eigenvalue weighted by Gasteiger charge is -2.54. The van der Waals surface area contributed by atoms with Crippen LogP contribution >= 0.6 is 0 Å².